The van der Waals surface area contributed by atoms with Gasteiger partial charge in [0.25, 0.3) is 5.91 Å². The van der Waals surface area contributed by atoms with Gasteiger partial charge < -0.3 is 14.6 Å². The van der Waals surface area contributed by atoms with Gasteiger partial charge in [0.05, 0.1) is 11.0 Å². The molecule has 9 heteroatoms. The van der Waals surface area contributed by atoms with Crippen molar-refractivity contribution in [1.82, 2.24) is 14.9 Å². The van der Waals surface area contributed by atoms with Crippen LogP contribution in [-0.4, -0.2) is 27.5 Å². The molecule has 44 heavy (non-hydrogen) atoms. The molecule has 0 aliphatic rings. The molecule has 1 N–H and O–H groups in total. The van der Waals surface area contributed by atoms with Crippen molar-refractivity contribution < 1.29 is 22.7 Å². The van der Waals surface area contributed by atoms with Crippen LogP contribution in [0.1, 0.15) is 27.3 Å². The average molecular weight is 612 g/mol. The van der Waals surface area contributed by atoms with Crippen LogP contribution in [0.4, 0.5) is 13.2 Å². The molecule has 5 aromatic carbocycles. The summed E-state index contributed by atoms with van der Waals surface area (Å²) in [4.78, 5) is 17.9. The highest BCUT2D eigenvalue weighted by molar-refractivity contribution is 8.00. The van der Waals surface area contributed by atoms with Crippen molar-refractivity contribution in [3.63, 3.8) is 0 Å². The number of carbonyl (C=O) groups is 1. The highest BCUT2D eigenvalue weighted by Gasteiger charge is 2.29. The molecule has 6 rings (SSSR count). The minimum absolute atomic E-state index is 0.125. The van der Waals surface area contributed by atoms with Crippen LogP contribution in [0.15, 0.2) is 120 Å². The Morgan fingerprint density at radius 3 is 2.34 bits per heavy atom. The molecule has 0 spiro atoms. The van der Waals surface area contributed by atoms with Crippen LogP contribution in [-0.2, 0) is 19.6 Å². The second-order valence-electron chi connectivity index (χ2n) is 10.3. The molecule has 1 aromatic heterocycles. The first-order valence-electron chi connectivity index (χ1n) is 14.1. The number of aromatic nitrogens is 2. The number of carbonyl (C=O) groups excluding carboxylic acids is 1. The number of alkyl halides is 3. The third kappa shape index (κ3) is 7.23. The van der Waals surface area contributed by atoms with Gasteiger partial charge in [-0.2, -0.15) is 13.2 Å². The normalized spacial score (nSPS) is 11.6. The second-order valence-corrected chi connectivity index (χ2v) is 11.4. The molecule has 0 radical (unpaired) electrons. The number of imidazole rings is 1. The summed E-state index contributed by atoms with van der Waals surface area (Å²) in [5, 5.41) is 5.14. The number of amides is 1. The van der Waals surface area contributed by atoms with Gasteiger partial charge in [-0.05, 0) is 82.5 Å². The Morgan fingerprint density at radius 1 is 0.818 bits per heavy atom. The lowest BCUT2D eigenvalue weighted by Crippen LogP contribution is -2.25. The summed E-state index contributed by atoms with van der Waals surface area (Å²) in [5.74, 6) is 1.13. The number of nitrogens with zero attached hydrogens (tertiary/aromatic N) is 2. The Hall–Kier alpha value is -4.76. The lowest BCUT2D eigenvalue weighted by molar-refractivity contribution is -0.0328. The summed E-state index contributed by atoms with van der Waals surface area (Å²) in [6.07, 6.45) is 0.722. The van der Waals surface area contributed by atoms with E-state index in [2.05, 4.69) is 5.32 Å². The zero-order chi connectivity index (χ0) is 30.5. The first-order valence-corrected chi connectivity index (χ1v) is 14.9. The quantitative estimate of drug-likeness (QED) is 0.158. The van der Waals surface area contributed by atoms with E-state index in [4.69, 9.17) is 9.72 Å². The van der Waals surface area contributed by atoms with Gasteiger partial charge >= 0.3 is 5.51 Å². The lowest BCUT2D eigenvalue weighted by Gasteiger charge is -2.12. The Bertz CT molecular complexity index is 1910. The van der Waals surface area contributed by atoms with Crippen LogP contribution in [0.2, 0.25) is 0 Å². The number of thioether (sulfide) groups is 1. The fourth-order valence-electron chi connectivity index (χ4n) is 5.06. The van der Waals surface area contributed by atoms with E-state index >= 15 is 0 Å². The maximum Gasteiger partial charge on any atom is 0.446 e. The summed E-state index contributed by atoms with van der Waals surface area (Å²) >= 11 is -0.139. The number of hydrogen-bond acceptors (Lipinski definition) is 4. The highest BCUT2D eigenvalue weighted by atomic mass is 32.2. The number of hydrogen-bond donors (Lipinski definition) is 1. The zero-order valence-corrected chi connectivity index (χ0v) is 24.4. The van der Waals surface area contributed by atoms with Gasteiger partial charge in [-0.25, -0.2) is 4.98 Å². The van der Waals surface area contributed by atoms with Crippen molar-refractivity contribution in [3.8, 4) is 5.75 Å². The van der Waals surface area contributed by atoms with E-state index in [1.807, 2.05) is 83.4 Å². The lowest BCUT2D eigenvalue weighted by atomic mass is 10.1. The molecular weight excluding hydrogens is 583 g/mol. The van der Waals surface area contributed by atoms with Crippen LogP contribution in [0, 0.1) is 0 Å². The largest absolute Gasteiger partial charge is 0.486 e. The van der Waals surface area contributed by atoms with Crippen molar-refractivity contribution in [1.29, 1.82) is 0 Å². The van der Waals surface area contributed by atoms with Crippen LogP contribution >= 0.6 is 11.8 Å². The van der Waals surface area contributed by atoms with E-state index in [1.165, 1.54) is 12.1 Å². The first-order chi connectivity index (χ1) is 21.3. The van der Waals surface area contributed by atoms with Gasteiger partial charge in [-0.15, -0.1) is 0 Å². The Morgan fingerprint density at radius 2 is 1.57 bits per heavy atom. The van der Waals surface area contributed by atoms with Crippen molar-refractivity contribution in [3.05, 3.63) is 138 Å². The molecule has 0 bridgehead atoms. The fraction of sp³-hybridized carbons (Fsp3) is 0.143. The summed E-state index contributed by atoms with van der Waals surface area (Å²) in [5.41, 5.74) is -0.487. The summed E-state index contributed by atoms with van der Waals surface area (Å²) < 4.78 is 46.6. The van der Waals surface area contributed by atoms with Crippen LogP contribution < -0.4 is 10.1 Å². The smallest absolute Gasteiger partial charge is 0.446 e. The first kappa shape index (κ1) is 29.3. The third-order valence-electron chi connectivity index (χ3n) is 7.22. The monoisotopic (exact) mass is 611 g/mol. The van der Waals surface area contributed by atoms with Crippen LogP contribution in [0.5, 0.6) is 5.75 Å². The Balaban J connectivity index is 1.24. The molecule has 0 atom stereocenters. The van der Waals surface area contributed by atoms with Crippen molar-refractivity contribution in [2.24, 2.45) is 0 Å². The SMILES string of the molecule is O=C(NCCc1ccccc1)c1ccc2c(c1)nc(COc1ccc3ccccc3c1)n2Cc1ccc(SC(F)(F)F)cc1. The molecule has 0 saturated heterocycles. The minimum atomic E-state index is -4.35. The van der Waals surface area contributed by atoms with E-state index in [0.717, 1.165) is 33.8 Å². The maximum atomic E-state index is 13.0. The van der Waals surface area contributed by atoms with Crippen molar-refractivity contribution >= 4 is 39.5 Å². The maximum absolute atomic E-state index is 13.0. The number of benzene rings is 5. The molecule has 0 fully saturated rings. The molecule has 0 aliphatic carbocycles. The number of halogens is 3. The van der Waals surface area contributed by atoms with Crippen LogP contribution in [0.3, 0.4) is 0 Å². The molecule has 6 aromatic rings. The average Bonchev–Trinajstić information content (AvgIpc) is 3.36. The third-order valence-corrected chi connectivity index (χ3v) is 7.96. The van der Waals surface area contributed by atoms with Gasteiger partial charge in [-0.1, -0.05) is 72.8 Å². The standard InChI is InChI=1S/C35H28F3N3O2S/c36-35(37,38)44-30-15-10-25(11-16-30)22-41-32-17-13-28(34(42)39-19-18-24-6-2-1-3-7-24)21-31(32)40-33(41)23-43-29-14-12-26-8-4-5-9-27(26)20-29/h1-17,20-21H,18-19,22-23H2,(H,39,42). The summed E-state index contributed by atoms with van der Waals surface area (Å²) in [7, 11) is 0. The number of rotatable bonds is 10. The van der Waals surface area contributed by atoms with Gasteiger partial charge in [0, 0.05) is 23.5 Å². The molecule has 0 aliphatic heterocycles. The highest BCUT2D eigenvalue weighted by Crippen LogP contribution is 2.37. The molecule has 222 valence electrons. The van der Waals surface area contributed by atoms with Gasteiger partial charge in [-0.3, -0.25) is 4.79 Å². The second kappa shape index (κ2) is 12.9. The zero-order valence-electron chi connectivity index (χ0n) is 23.6. The number of fused-ring (bicyclic) bond motifs is 2. The summed E-state index contributed by atoms with van der Waals surface area (Å²) in [6.45, 7) is 1.03. The number of ether oxygens (including phenoxy) is 1. The molecular formula is C35H28F3N3O2S. The van der Waals surface area contributed by atoms with E-state index in [-0.39, 0.29) is 29.2 Å². The predicted octanol–water partition coefficient (Wildman–Crippen LogP) is 8.40. The van der Waals surface area contributed by atoms with E-state index in [0.29, 0.717) is 35.7 Å². The van der Waals surface area contributed by atoms with Crippen molar-refractivity contribution in [2.75, 3.05) is 6.54 Å². The molecule has 1 amide bonds. The minimum Gasteiger partial charge on any atom is -0.486 e. The van der Waals surface area contributed by atoms with Gasteiger partial charge in [0.2, 0.25) is 0 Å². The van der Waals surface area contributed by atoms with E-state index in [9.17, 15) is 18.0 Å². The topological polar surface area (TPSA) is 56.1 Å². The van der Waals surface area contributed by atoms with Gasteiger partial charge in [0.1, 0.15) is 18.2 Å². The van der Waals surface area contributed by atoms with E-state index in [1.54, 1.807) is 24.3 Å². The van der Waals surface area contributed by atoms with E-state index < -0.39 is 5.51 Å². The Kier molecular flexibility index (Phi) is 8.56. The number of nitrogens with one attached hydrogen (secondary N) is 1. The molecule has 1 heterocycles. The fourth-order valence-corrected chi connectivity index (χ4v) is 5.60. The molecule has 0 unspecified atom stereocenters. The van der Waals surface area contributed by atoms with Gasteiger partial charge in [0.15, 0.2) is 0 Å². The molecule has 5 nitrogen and oxygen atoms in total. The molecule has 0 saturated carbocycles. The van der Waals surface area contributed by atoms with Crippen LogP contribution in [0.25, 0.3) is 21.8 Å². The summed E-state index contributed by atoms with van der Waals surface area (Å²) in [6, 6.07) is 35.5. The Labute approximate surface area is 256 Å². The van der Waals surface area contributed by atoms with Crippen molar-refractivity contribution in [2.45, 2.75) is 30.0 Å². The predicted molar refractivity (Wildman–Crippen MR) is 168 cm³/mol.